The summed E-state index contributed by atoms with van der Waals surface area (Å²) in [4.78, 5) is 0. The van der Waals surface area contributed by atoms with E-state index in [-0.39, 0.29) is 0 Å². The zero-order valence-electron chi connectivity index (χ0n) is 9.25. The fraction of sp³-hybridized carbons (Fsp3) is 0.308. The van der Waals surface area contributed by atoms with E-state index < -0.39 is 0 Å². The molecule has 0 aliphatic heterocycles. The first-order chi connectivity index (χ1) is 7.61. The van der Waals surface area contributed by atoms with E-state index in [4.69, 9.17) is 9.68 Å². The van der Waals surface area contributed by atoms with Crippen LogP contribution in [0.4, 0.5) is 0 Å². The van der Waals surface area contributed by atoms with Gasteiger partial charge in [0.1, 0.15) is 11.7 Å². The first-order valence-corrected chi connectivity index (χ1v) is 6.02. The summed E-state index contributed by atoms with van der Waals surface area (Å²) >= 11 is 3.44. The number of furan rings is 1. The van der Waals surface area contributed by atoms with Gasteiger partial charge in [0, 0.05) is 15.4 Å². The quantitative estimate of drug-likeness (QED) is 0.822. The SMILES string of the molecule is CC(C)Cc1c(C#N)oc2ccc(Br)cc12. The van der Waals surface area contributed by atoms with Gasteiger partial charge in [-0.3, -0.25) is 0 Å². The smallest absolute Gasteiger partial charge is 0.207 e. The molecule has 2 nitrogen and oxygen atoms in total. The average Bonchev–Trinajstić information content (AvgIpc) is 2.56. The molecule has 1 aromatic carbocycles. The van der Waals surface area contributed by atoms with Crippen LogP contribution in [0.3, 0.4) is 0 Å². The Labute approximate surface area is 103 Å². The Bertz CT molecular complexity index is 563. The molecule has 0 fully saturated rings. The van der Waals surface area contributed by atoms with E-state index in [1.165, 1.54) is 0 Å². The van der Waals surface area contributed by atoms with Gasteiger partial charge in [-0.05, 0) is 30.5 Å². The molecule has 0 N–H and O–H groups in total. The Morgan fingerprint density at radius 1 is 1.44 bits per heavy atom. The van der Waals surface area contributed by atoms with Gasteiger partial charge < -0.3 is 4.42 Å². The number of nitriles is 1. The Morgan fingerprint density at radius 3 is 2.81 bits per heavy atom. The molecule has 82 valence electrons. The first kappa shape index (κ1) is 11.2. The van der Waals surface area contributed by atoms with E-state index in [9.17, 15) is 0 Å². The summed E-state index contributed by atoms with van der Waals surface area (Å²) in [5.41, 5.74) is 1.81. The maximum Gasteiger partial charge on any atom is 0.207 e. The predicted molar refractivity (Wildman–Crippen MR) is 67.2 cm³/mol. The van der Waals surface area contributed by atoms with Crippen LogP contribution in [0.25, 0.3) is 11.0 Å². The van der Waals surface area contributed by atoms with Crippen molar-refractivity contribution in [1.29, 1.82) is 5.26 Å². The van der Waals surface area contributed by atoms with Crippen molar-refractivity contribution in [2.75, 3.05) is 0 Å². The van der Waals surface area contributed by atoms with Gasteiger partial charge >= 0.3 is 0 Å². The molecule has 3 heteroatoms. The van der Waals surface area contributed by atoms with Crippen molar-refractivity contribution in [2.45, 2.75) is 20.3 Å². The molecule has 0 bridgehead atoms. The van der Waals surface area contributed by atoms with Crippen LogP contribution in [0.5, 0.6) is 0 Å². The molecule has 0 amide bonds. The van der Waals surface area contributed by atoms with Gasteiger partial charge in [-0.15, -0.1) is 0 Å². The molecule has 0 aliphatic rings. The van der Waals surface area contributed by atoms with Gasteiger partial charge in [-0.1, -0.05) is 29.8 Å². The van der Waals surface area contributed by atoms with E-state index in [1.54, 1.807) is 0 Å². The van der Waals surface area contributed by atoms with Gasteiger partial charge in [0.05, 0.1) is 0 Å². The van der Waals surface area contributed by atoms with Gasteiger partial charge in [-0.2, -0.15) is 5.26 Å². The van der Waals surface area contributed by atoms with Crippen molar-refractivity contribution >= 4 is 26.9 Å². The lowest BCUT2D eigenvalue weighted by Gasteiger charge is -2.02. The highest BCUT2D eigenvalue weighted by molar-refractivity contribution is 9.10. The lowest BCUT2D eigenvalue weighted by atomic mass is 10.0. The number of halogens is 1. The summed E-state index contributed by atoms with van der Waals surface area (Å²) in [6.45, 7) is 4.27. The fourth-order valence-corrected chi connectivity index (χ4v) is 2.18. The average molecular weight is 278 g/mol. The summed E-state index contributed by atoms with van der Waals surface area (Å²) in [5, 5.41) is 10.1. The Morgan fingerprint density at radius 2 is 2.19 bits per heavy atom. The monoisotopic (exact) mass is 277 g/mol. The lowest BCUT2D eigenvalue weighted by molar-refractivity contribution is 0.579. The Hall–Kier alpha value is -1.27. The molecular weight excluding hydrogens is 266 g/mol. The van der Waals surface area contributed by atoms with Crippen LogP contribution in [0.15, 0.2) is 27.1 Å². The molecule has 0 saturated heterocycles. The molecule has 0 atom stereocenters. The number of rotatable bonds is 2. The molecule has 0 radical (unpaired) electrons. The summed E-state index contributed by atoms with van der Waals surface area (Å²) in [7, 11) is 0. The third-order valence-corrected chi connectivity index (χ3v) is 2.96. The van der Waals surface area contributed by atoms with Crippen molar-refractivity contribution in [1.82, 2.24) is 0 Å². The number of benzene rings is 1. The van der Waals surface area contributed by atoms with Crippen LogP contribution in [0, 0.1) is 17.2 Å². The van der Waals surface area contributed by atoms with Crippen molar-refractivity contribution in [2.24, 2.45) is 5.92 Å². The molecule has 1 aromatic heterocycles. The first-order valence-electron chi connectivity index (χ1n) is 5.23. The Kier molecular flexibility index (Phi) is 3.02. The van der Waals surface area contributed by atoms with Crippen LogP contribution in [-0.2, 0) is 6.42 Å². The van der Waals surface area contributed by atoms with E-state index in [2.05, 4.69) is 35.8 Å². The van der Waals surface area contributed by atoms with E-state index in [1.807, 2.05) is 18.2 Å². The van der Waals surface area contributed by atoms with Crippen LogP contribution in [0.1, 0.15) is 25.2 Å². The molecule has 2 aromatic rings. The van der Waals surface area contributed by atoms with Crippen LogP contribution < -0.4 is 0 Å². The number of hydrogen-bond donors (Lipinski definition) is 0. The maximum atomic E-state index is 9.05. The van der Waals surface area contributed by atoms with Crippen LogP contribution >= 0.6 is 15.9 Å². The second kappa shape index (κ2) is 4.31. The van der Waals surface area contributed by atoms with E-state index in [0.717, 1.165) is 27.4 Å². The highest BCUT2D eigenvalue weighted by Gasteiger charge is 2.14. The second-order valence-corrected chi connectivity index (χ2v) is 5.18. The highest BCUT2D eigenvalue weighted by Crippen LogP contribution is 2.29. The molecule has 0 spiro atoms. The molecule has 16 heavy (non-hydrogen) atoms. The van der Waals surface area contributed by atoms with E-state index >= 15 is 0 Å². The molecule has 0 aliphatic carbocycles. The number of fused-ring (bicyclic) bond motifs is 1. The molecule has 1 heterocycles. The van der Waals surface area contributed by atoms with Crippen LogP contribution in [-0.4, -0.2) is 0 Å². The number of nitrogens with zero attached hydrogens (tertiary/aromatic N) is 1. The van der Waals surface area contributed by atoms with Gasteiger partial charge in [-0.25, -0.2) is 0 Å². The Balaban J connectivity index is 2.67. The van der Waals surface area contributed by atoms with E-state index in [0.29, 0.717) is 11.7 Å². The maximum absolute atomic E-state index is 9.05. The van der Waals surface area contributed by atoms with Crippen molar-refractivity contribution in [3.8, 4) is 6.07 Å². The lowest BCUT2D eigenvalue weighted by Crippen LogP contribution is -1.94. The fourth-order valence-electron chi connectivity index (χ4n) is 1.82. The van der Waals surface area contributed by atoms with Gasteiger partial charge in [0.2, 0.25) is 5.76 Å². The molecule has 0 unspecified atom stereocenters. The standard InChI is InChI=1S/C13H12BrNO/c1-8(2)5-10-11-6-9(14)3-4-12(11)16-13(10)7-15/h3-4,6,8H,5H2,1-2H3. The van der Waals surface area contributed by atoms with Crippen molar-refractivity contribution in [3.63, 3.8) is 0 Å². The molecular formula is C13H12BrNO. The second-order valence-electron chi connectivity index (χ2n) is 4.26. The third-order valence-electron chi connectivity index (χ3n) is 2.47. The summed E-state index contributed by atoms with van der Waals surface area (Å²) in [6.07, 6.45) is 0.867. The summed E-state index contributed by atoms with van der Waals surface area (Å²) < 4.78 is 6.53. The topological polar surface area (TPSA) is 36.9 Å². The zero-order chi connectivity index (χ0) is 11.7. The minimum atomic E-state index is 0.446. The van der Waals surface area contributed by atoms with Crippen molar-refractivity contribution in [3.05, 3.63) is 34.0 Å². The van der Waals surface area contributed by atoms with Gasteiger partial charge in [0.25, 0.3) is 0 Å². The van der Waals surface area contributed by atoms with Crippen molar-refractivity contribution < 1.29 is 4.42 Å². The number of hydrogen-bond acceptors (Lipinski definition) is 2. The minimum absolute atomic E-state index is 0.446. The highest BCUT2D eigenvalue weighted by atomic mass is 79.9. The molecule has 0 saturated carbocycles. The molecule has 2 rings (SSSR count). The zero-order valence-corrected chi connectivity index (χ0v) is 10.8. The minimum Gasteiger partial charge on any atom is -0.445 e. The summed E-state index contributed by atoms with van der Waals surface area (Å²) in [5.74, 6) is 0.952. The largest absolute Gasteiger partial charge is 0.445 e. The predicted octanol–water partition coefficient (Wildman–Crippen LogP) is 4.27. The van der Waals surface area contributed by atoms with Gasteiger partial charge in [0.15, 0.2) is 0 Å². The third kappa shape index (κ3) is 1.98. The normalized spacial score (nSPS) is 10.9. The summed E-state index contributed by atoms with van der Waals surface area (Å²) in [6, 6.07) is 7.95. The van der Waals surface area contributed by atoms with Crippen LogP contribution in [0.2, 0.25) is 0 Å².